The molecule has 0 unspecified atom stereocenters. The number of piperidine rings is 1. The number of amides is 2. The van der Waals surface area contributed by atoms with E-state index >= 15 is 0 Å². The average Bonchev–Trinajstić information content (AvgIpc) is 2.72. The lowest BCUT2D eigenvalue weighted by molar-refractivity contribution is -0.133. The van der Waals surface area contributed by atoms with Gasteiger partial charge in [0.25, 0.3) is 0 Å². The van der Waals surface area contributed by atoms with E-state index in [1.165, 1.54) is 0 Å². The van der Waals surface area contributed by atoms with Gasteiger partial charge in [0.15, 0.2) is 0 Å². The summed E-state index contributed by atoms with van der Waals surface area (Å²) in [7, 11) is 0. The molecule has 2 N–H and O–H groups in total. The van der Waals surface area contributed by atoms with Crippen molar-refractivity contribution in [1.82, 2.24) is 9.80 Å². The van der Waals surface area contributed by atoms with Crippen LogP contribution in [0.25, 0.3) is 0 Å². The van der Waals surface area contributed by atoms with Crippen LogP contribution in [0.15, 0.2) is 0 Å². The van der Waals surface area contributed by atoms with Crippen molar-refractivity contribution in [3.8, 4) is 0 Å². The molecule has 5 nitrogen and oxygen atoms in total. The molecule has 0 bridgehead atoms. The Morgan fingerprint density at radius 2 is 2.18 bits per heavy atom. The molecule has 0 aromatic rings. The third-order valence-electron chi connectivity index (χ3n) is 3.58. The molecular formula is C12H21N3O2. The topological polar surface area (TPSA) is 66.6 Å². The van der Waals surface area contributed by atoms with E-state index in [1.54, 1.807) is 4.90 Å². The second-order valence-corrected chi connectivity index (χ2v) is 4.98. The van der Waals surface area contributed by atoms with Gasteiger partial charge >= 0.3 is 0 Å². The zero-order chi connectivity index (χ0) is 12.3. The van der Waals surface area contributed by atoms with Gasteiger partial charge in [-0.15, -0.1) is 0 Å². The molecule has 0 aromatic heterocycles. The van der Waals surface area contributed by atoms with Crippen molar-refractivity contribution in [2.75, 3.05) is 26.2 Å². The number of carbonyl (C=O) groups excluding carboxylic acids is 2. The molecule has 2 heterocycles. The zero-order valence-electron chi connectivity index (χ0n) is 10.2. The highest BCUT2D eigenvalue weighted by atomic mass is 16.2. The molecule has 2 aliphatic heterocycles. The van der Waals surface area contributed by atoms with Gasteiger partial charge in [-0.05, 0) is 19.3 Å². The summed E-state index contributed by atoms with van der Waals surface area (Å²) in [5, 5.41) is 0. The monoisotopic (exact) mass is 239 g/mol. The Bertz CT molecular complexity index is 306. The summed E-state index contributed by atoms with van der Waals surface area (Å²) in [5.74, 6) is 0.327. The minimum absolute atomic E-state index is 0.126. The molecule has 2 fully saturated rings. The predicted molar refractivity (Wildman–Crippen MR) is 64.2 cm³/mol. The summed E-state index contributed by atoms with van der Waals surface area (Å²) in [6.45, 7) is 2.88. The zero-order valence-corrected chi connectivity index (χ0v) is 10.2. The minimum atomic E-state index is 0.126. The maximum Gasteiger partial charge on any atom is 0.224 e. The van der Waals surface area contributed by atoms with Gasteiger partial charge in [-0.3, -0.25) is 9.59 Å². The first kappa shape index (κ1) is 12.4. The van der Waals surface area contributed by atoms with Gasteiger partial charge in [0.05, 0.1) is 0 Å². The normalized spacial score (nSPS) is 25.5. The Hall–Kier alpha value is -1.10. The van der Waals surface area contributed by atoms with E-state index in [-0.39, 0.29) is 17.9 Å². The van der Waals surface area contributed by atoms with E-state index in [1.807, 2.05) is 4.90 Å². The molecule has 2 aliphatic rings. The van der Waals surface area contributed by atoms with E-state index in [2.05, 4.69) is 0 Å². The molecule has 0 spiro atoms. The minimum Gasteiger partial charge on any atom is -0.342 e. The molecule has 2 amide bonds. The van der Waals surface area contributed by atoms with E-state index in [9.17, 15) is 9.59 Å². The van der Waals surface area contributed by atoms with E-state index in [4.69, 9.17) is 5.73 Å². The van der Waals surface area contributed by atoms with Gasteiger partial charge < -0.3 is 15.5 Å². The van der Waals surface area contributed by atoms with E-state index < -0.39 is 0 Å². The van der Waals surface area contributed by atoms with Crippen LogP contribution in [0, 0.1) is 0 Å². The molecule has 5 heteroatoms. The molecular weight excluding hydrogens is 218 g/mol. The highest BCUT2D eigenvalue weighted by Crippen LogP contribution is 2.12. The molecule has 2 rings (SSSR count). The quantitative estimate of drug-likeness (QED) is 0.751. The van der Waals surface area contributed by atoms with Crippen LogP contribution in [-0.2, 0) is 9.59 Å². The maximum absolute atomic E-state index is 11.9. The van der Waals surface area contributed by atoms with Crippen molar-refractivity contribution in [3.05, 3.63) is 0 Å². The van der Waals surface area contributed by atoms with Crippen molar-refractivity contribution in [3.63, 3.8) is 0 Å². The predicted octanol–water partition coefficient (Wildman–Crippen LogP) is -0.0514. The fourth-order valence-corrected chi connectivity index (χ4v) is 2.57. The molecule has 0 radical (unpaired) electrons. The van der Waals surface area contributed by atoms with Gasteiger partial charge in [-0.25, -0.2) is 0 Å². The first-order valence-corrected chi connectivity index (χ1v) is 6.48. The average molecular weight is 239 g/mol. The third-order valence-corrected chi connectivity index (χ3v) is 3.58. The fraction of sp³-hybridized carbons (Fsp3) is 0.833. The summed E-state index contributed by atoms with van der Waals surface area (Å²) < 4.78 is 0. The number of nitrogens with zero attached hydrogens (tertiary/aromatic N) is 2. The molecule has 0 aromatic carbocycles. The van der Waals surface area contributed by atoms with Crippen LogP contribution >= 0.6 is 0 Å². The van der Waals surface area contributed by atoms with Crippen molar-refractivity contribution in [2.45, 2.75) is 38.1 Å². The Balaban J connectivity index is 1.74. The van der Waals surface area contributed by atoms with Crippen LogP contribution in [0.4, 0.5) is 0 Å². The summed E-state index contributed by atoms with van der Waals surface area (Å²) in [4.78, 5) is 27.0. The number of rotatable bonds is 3. The second-order valence-electron chi connectivity index (χ2n) is 4.98. The molecule has 2 saturated heterocycles. The summed E-state index contributed by atoms with van der Waals surface area (Å²) in [6, 6.07) is 0.126. The van der Waals surface area contributed by atoms with Crippen LogP contribution in [0.2, 0.25) is 0 Å². The van der Waals surface area contributed by atoms with Crippen molar-refractivity contribution in [1.29, 1.82) is 0 Å². The lowest BCUT2D eigenvalue weighted by Gasteiger charge is -2.31. The van der Waals surface area contributed by atoms with Gasteiger partial charge in [0.2, 0.25) is 11.8 Å². The van der Waals surface area contributed by atoms with Gasteiger partial charge in [0.1, 0.15) is 0 Å². The summed E-state index contributed by atoms with van der Waals surface area (Å²) in [6.07, 6.45) is 4.02. The molecule has 0 aliphatic carbocycles. The van der Waals surface area contributed by atoms with Crippen molar-refractivity contribution < 1.29 is 9.59 Å². The summed E-state index contributed by atoms with van der Waals surface area (Å²) >= 11 is 0. The SMILES string of the molecule is N[C@@H]1CCCN(C(=O)CCN2CCCC2=O)C1. The first-order valence-electron chi connectivity index (χ1n) is 6.48. The summed E-state index contributed by atoms with van der Waals surface area (Å²) in [5.41, 5.74) is 5.84. The highest BCUT2D eigenvalue weighted by molar-refractivity contribution is 5.80. The Labute approximate surface area is 102 Å². The fourth-order valence-electron chi connectivity index (χ4n) is 2.57. The number of likely N-dealkylation sites (tertiary alicyclic amines) is 2. The van der Waals surface area contributed by atoms with Crippen LogP contribution in [0.5, 0.6) is 0 Å². The Morgan fingerprint density at radius 1 is 1.35 bits per heavy atom. The van der Waals surface area contributed by atoms with E-state index in [0.29, 0.717) is 25.9 Å². The smallest absolute Gasteiger partial charge is 0.224 e. The van der Waals surface area contributed by atoms with Gasteiger partial charge in [-0.2, -0.15) is 0 Å². The van der Waals surface area contributed by atoms with Crippen LogP contribution < -0.4 is 5.73 Å². The lowest BCUT2D eigenvalue weighted by atomic mass is 10.1. The van der Waals surface area contributed by atoms with Crippen LogP contribution in [-0.4, -0.2) is 53.8 Å². The van der Waals surface area contributed by atoms with Gasteiger partial charge in [0, 0.05) is 45.1 Å². The maximum atomic E-state index is 11.9. The Morgan fingerprint density at radius 3 is 2.82 bits per heavy atom. The lowest BCUT2D eigenvalue weighted by Crippen LogP contribution is -2.46. The van der Waals surface area contributed by atoms with Crippen molar-refractivity contribution >= 4 is 11.8 Å². The molecule has 1 atom stereocenters. The number of carbonyl (C=O) groups is 2. The van der Waals surface area contributed by atoms with Gasteiger partial charge in [-0.1, -0.05) is 0 Å². The van der Waals surface area contributed by atoms with E-state index in [0.717, 1.165) is 32.4 Å². The van der Waals surface area contributed by atoms with Crippen LogP contribution in [0.1, 0.15) is 32.1 Å². The molecule has 17 heavy (non-hydrogen) atoms. The third kappa shape index (κ3) is 3.19. The highest BCUT2D eigenvalue weighted by Gasteiger charge is 2.24. The van der Waals surface area contributed by atoms with Crippen LogP contribution in [0.3, 0.4) is 0 Å². The Kier molecular flexibility index (Phi) is 3.99. The van der Waals surface area contributed by atoms with Crippen molar-refractivity contribution in [2.24, 2.45) is 5.73 Å². The number of hydrogen-bond acceptors (Lipinski definition) is 3. The number of nitrogens with two attached hydrogens (primary N) is 1. The second kappa shape index (κ2) is 5.49. The molecule has 96 valence electrons. The standard InChI is InChI=1S/C12H21N3O2/c13-10-3-1-7-15(9-10)12(17)5-8-14-6-2-4-11(14)16/h10H,1-9,13H2/t10-/m1/s1. The first-order chi connectivity index (χ1) is 8.16. The molecule has 0 saturated carbocycles. The number of hydrogen-bond donors (Lipinski definition) is 1. The largest absolute Gasteiger partial charge is 0.342 e.